The van der Waals surface area contributed by atoms with Crippen molar-refractivity contribution in [2.75, 3.05) is 6.54 Å². The Morgan fingerprint density at radius 3 is 1.85 bits per heavy atom. The molecule has 0 saturated heterocycles. The van der Waals surface area contributed by atoms with Crippen LogP contribution in [-0.4, -0.2) is 24.8 Å². The molecule has 0 aromatic carbocycles. The van der Waals surface area contributed by atoms with Gasteiger partial charge in [0.15, 0.2) is 0 Å². The highest BCUT2D eigenvalue weighted by Gasteiger charge is 2.61. The first-order valence-electron chi connectivity index (χ1n) is 3.49. The van der Waals surface area contributed by atoms with Gasteiger partial charge in [0.1, 0.15) is 0 Å². The Labute approximate surface area is 70.9 Å². The van der Waals surface area contributed by atoms with Gasteiger partial charge in [0, 0.05) is 6.42 Å². The SMILES string of the molecule is NCCCC(F)(F)C(F)(F)C(F)F. The number of hydrogen-bond acceptors (Lipinski definition) is 1. The summed E-state index contributed by atoms with van der Waals surface area (Å²) < 4.78 is 71.9. The first-order chi connectivity index (χ1) is 5.75. The Hall–Kier alpha value is -0.460. The molecular weight excluding hydrogens is 200 g/mol. The maximum atomic E-state index is 12.4. The van der Waals surface area contributed by atoms with Gasteiger partial charge in [-0.05, 0) is 13.0 Å². The van der Waals surface area contributed by atoms with Crippen molar-refractivity contribution in [3.05, 3.63) is 0 Å². The van der Waals surface area contributed by atoms with Gasteiger partial charge in [0.05, 0.1) is 0 Å². The van der Waals surface area contributed by atoms with E-state index in [2.05, 4.69) is 0 Å². The quantitative estimate of drug-likeness (QED) is 0.690. The normalized spacial score (nSPS) is 13.8. The maximum Gasteiger partial charge on any atom is 0.369 e. The lowest BCUT2D eigenvalue weighted by Gasteiger charge is -2.25. The summed E-state index contributed by atoms with van der Waals surface area (Å²) >= 11 is 0. The lowest BCUT2D eigenvalue weighted by Crippen LogP contribution is -2.46. The van der Waals surface area contributed by atoms with Crippen LogP contribution in [0.4, 0.5) is 26.3 Å². The van der Waals surface area contributed by atoms with E-state index in [-0.39, 0.29) is 6.54 Å². The molecule has 0 unspecified atom stereocenters. The minimum Gasteiger partial charge on any atom is -0.330 e. The van der Waals surface area contributed by atoms with E-state index >= 15 is 0 Å². The fraction of sp³-hybridized carbons (Fsp3) is 1.00. The number of rotatable bonds is 5. The molecule has 0 heterocycles. The Balaban J connectivity index is 4.41. The maximum absolute atomic E-state index is 12.4. The molecule has 0 atom stereocenters. The molecule has 0 fully saturated rings. The van der Waals surface area contributed by atoms with Crippen molar-refractivity contribution in [1.29, 1.82) is 0 Å². The highest BCUT2D eigenvalue weighted by Crippen LogP contribution is 2.41. The zero-order valence-corrected chi connectivity index (χ0v) is 6.54. The average Bonchev–Trinajstić information content (AvgIpc) is 2.00. The molecule has 0 rings (SSSR count). The van der Waals surface area contributed by atoms with E-state index in [1.807, 2.05) is 0 Å². The first kappa shape index (κ1) is 12.5. The largest absolute Gasteiger partial charge is 0.369 e. The Morgan fingerprint density at radius 2 is 1.54 bits per heavy atom. The van der Waals surface area contributed by atoms with Gasteiger partial charge >= 0.3 is 18.3 Å². The summed E-state index contributed by atoms with van der Waals surface area (Å²) in [7, 11) is 0. The summed E-state index contributed by atoms with van der Waals surface area (Å²) in [6, 6.07) is 0. The summed E-state index contributed by atoms with van der Waals surface area (Å²) in [6.07, 6.45) is -6.11. The second-order valence-corrected chi connectivity index (χ2v) is 2.52. The molecule has 0 aromatic heterocycles. The van der Waals surface area contributed by atoms with E-state index in [9.17, 15) is 26.3 Å². The minimum atomic E-state index is -5.28. The molecule has 0 amide bonds. The van der Waals surface area contributed by atoms with E-state index in [0.29, 0.717) is 0 Å². The number of halogens is 6. The van der Waals surface area contributed by atoms with Crippen LogP contribution >= 0.6 is 0 Å². The van der Waals surface area contributed by atoms with Gasteiger partial charge in [-0.25, -0.2) is 8.78 Å². The molecule has 80 valence electrons. The van der Waals surface area contributed by atoms with E-state index in [4.69, 9.17) is 5.73 Å². The topological polar surface area (TPSA) is 26.0 Å². The van der Waals surface area contributed by atoms with E-state index in [1.54, 1.807) is 0 Å². The molecule has 0 bridgehead atoms. The second kappa shape index (κ2) is 4.17. The van der Waals surface area contributed by atoms with Crippen LogP contribution in [0.1, 0.15) is 12.8 Å². The average molecular weight is 209 g/mol. The molecule has 0 spiro atoms. The molecule has 0 saturated carbocycles. The van der Waals surface area contributed by atoms with Crippen LogP contribution in [0.15, 0.2) is 0 Å². The van der Waals surface area contributed by atoms with Crippen molar-refractivity contribution in [2.24, 2.45) is 5.73 Å². The highest BCUT2D eigenvalue weighted by molar-refractivity contribution is 4.86. The van der Waals surface area contributed by atoms with Gasteiger partial charge in [-0.3, -0.25) is 0 Å². The van der Waals surface area contributed by atoms with Crippen molar-refractivity contribution in [3.63, 3.8) is 0 Å². The van der Waals surface area contributed by atoms with Crippen LogP contribution in [0.2, 0.25) is 0 Å². The zero-order chi connectivity index (χ0) is 10.7. The van der Waals surface area contributed by atoms with Crippen LogP contribution in [0, 0.1) is 0 Å². The van der Waals surface area contributed by atoms with Crippen molar-refractivity contribution in [1.82, 2.24) is 0 Å². The third-order valence-corrected chi connectivity index (χ3v) is 1.46. The molecule has 0 aliphatic carbocycles. The predicted octanol–water partition coefficient (Wildman–Crippen LogP) is 2.26. The predicted molar refractivity (Wildman–Crippen MR) is 34.2 cm³/mol. The van der Waals surface area contributed by atoms with E-state index in [0.717, 1.165) is 0 Å². The molecule has 2 N–H and O–H groups in total. The fourth-order valence-electron chi connectivity index (χ4n) is 0.650. The van der Waals surface area contributed by atoms with Crippen molar-refractivity contribution < 1.29 is 26.3 Å². The smallest absolute Gasteiger partial charge is 0.330 e. The van der Waals surface area contributed by atoms with Gasteiger partial charge in [-0.1, -0.05) is 0 Å². The summed E-state index contributed by atoms with van der Waals surface area (Å²) in [5, 5.41) is 0. The number of nitrogens with two attached hydrogens (primary N) is 1. The minimum absolute atomic E-state index is 0.241. The van der Waals surface area contributed by atoms with E-state index in [1.165, 1.54) is 0 Å². The third kappa shape index (κ3) is 2.75. The van der Waals surface area contributed by atoms with Gasteiger partial charge in [-0.15, -0.1) is 0 Å². The van der Waals surface area contributed by atoms with Gasteiger partial charge in [0.25, 0.3) is 0 Å². The summed E-state index contributed by atoms with van der Waals surface area (Å²) in [6.45, 7) is -0.241. The molecule has 7 heteroatoms. The van der Waals surface area contributed by atoms with Crippen LogP contribution in [-0.2, 0) is 0 Å². The zero-order valence-electron chi connectivity index (χ0n) is 6.54. The Kier molecular flexibility index (Phi) is 4.02. The summed E-state index contributed by atoms with van der Waals surface area (Å²) in [5.41, 5.74) is 4.79. The van der Waals surface area contributed by atoms with Gasteiger partial charge in [-0.2, -0.15) is 17.6 Å². The van der Waals surface area contributed by atoms with Crippen LogP contribution in [0.3, 0.4) is 0 Å². The monoisotopic (exact) mass is 209 g/mol. The Morgan fingerprint density at radius 1 is 1.08 bits per heavy atom. The third-order valence-electron chi connectivity index (χ3n) is 1.46. The molecular formula is C6H9F6N. The number of alkyl halides is 6. The van der Waals surface area contributed by atoms with Crippen LogP contribution in [0.5, 0.6) is 0 Å². The van der Waals surface area contributed by atoms with Crippen LogP contribution < -0.4 is 5.73 Å². The lowest BCUT2D eigenvalue weighted by atomic mass is 10.1. The second-order valence-electron chi connectivity index (χ2n) is 2.52. The lowest BCUT2D eigenvalue weighted by molar-refractivity contribution is -0.265. The van der Waals surface area contributed by atoms with E-state index < -0.39 is 31.1 Å². The molecule has 0 aliphatic rings. The van der Waals surface area contributed by atoms with Crippen LogP contribution in [0.25, 0.3) is 0 Å². The molecule has 13 heavy (non-hydrogen) atoms. The van der Waals surface area contributed by atoms with Crippen molar-refractivity contribution in [2.45, 2.75) is 31.1 Å². The fourth-order valence-corrected chi connectivity index (χ4v) is 0.650. The molecule has 1 nitrogen and oxygen atoms in total. The molecule has 0 radical (unpaired) electrons. The van der Waals surface area contributed by atoms with Crippen molar-refractivity contribution >= 4 is 0 Å². The standard InChI is InChI=1S/C6H9F6N/c7-4(8)6(11,12)5(9,10)2-1-3-13/h4H,1-3,13H2. The first-order valence-corrected chi connectivity index (χ1v) is 3.49. The molecule has 0 aliphatic heterocycles. The van der Waals surface area contributed by atoms with Crippen molar-refractivity contribution in [3.8, 4) is 0 Å². The number of hydrogen-bond donors (Lipinski definition) is 1. The van der Waals surface area contributed by atoms with Gasteiger partial charge < -0.3 is 5.73 Å². The van der Waals surface area contributed by atoms with Gasteiger partial charge in [0.2, 0.25) is 0 Å². The summed E-state index contributed by atoms with van der Waals surface area (Å²) in [5.74, 6) is -9.97. The Bertz CT molecular complexity index is 157. The molecule has 0 aromatic rings. The summed E-state index contributed by atoms with van der Waals surface area (Å²) in [4.78, 5) is 0. The highest BCUT2D eigenvalue weighted by atomic mass is 19.3.